The van der Waals surface area contributed by atoms with E-state index < -0.39 is 6.10 Å². The summed E-state index contributed by atoms with van der Waals surface area (Å²) in [6.45, 7) is 6.49. The van der Waals surface area contributed by atoms with Gasteiger partial charge in [-0.2, -0.15) is 0 Å². The molecule has 0 aliphatic heterocycles. The van der Waals surface area contributed by atoms with Crippen molar-refractivity contribution in [2.75, 3.05) is 13.2 Å². The molecule has 0 saturated carbocycles. The van der Waals surface area contributed by atoms with Crippen LogP contribution in [-0.4, -0.2) is 37.2 Å². The molecule has 6 nitrogen and oxygen atoms in total. The predicted molar refractivity (Wildman–Crippen MR) is 344 cm³/mol. The molecule has 0 aromatic heterocycles. The first-order valence-corrected chi connectivity index (χ1v) is 34.4. The Balaban J connectivity index is 4.10. The van der Waals surface area contributed by atoms with Gasteiger partial charge in [-0.1, -0.05) is 351 Å². The van der Waals surface area contributed by atoms with Crippen LogP contribution in [0.2, 0.25) is 0 Å². The molecule has 1 unspecified atom stereocenters. The van der Waals surface area contributed by atoms with E-state index in [9.17, 15) is 14.4 Å². The van der Waals surface area contributed by atoms with Crippen molar-refractivity contribution in [3.8, 4) is 0 Å². The smallest absolute Gasteiger partial charge is 0.306 e. The topological polar surface area (TPSA) is 78.9 Å². The minimum absolute atomic E-state index is 0.102. The third-order valence-electron chi connectivity index (χ3n) is 15.2. The summed E-state index contributed by atoms with van der Waals surface area (Å²) < 4.78 is 16.8. The highest BCUT2D eigenvalue weighted by molar-refractivity contribution is 5.71. The summed E-state index contributed by atoms with van der Waals surface area (Å²) in [5.74, 6) is -0.974. The van der Waals surface area contributed by atoms with E-state index in [1.165, 1.54) is 231 Å². The Hall–Kier alpha value is -3.15. The number of hydrogen-bond acceptors (Lipinski definition) is 6. The van der Waals surface area contributed by atoms with Crippen LogP contribution >= 0.6 is 0 Å². The summed E-state index contributed by atoms with van der Waals surface area (Å²) in [6.07, 6.45) is 88.4. The molecule has 0 amide bonds. The highest BCUT2D eigenvalue weighted by atomic mass is 16.6. The Morgan fingerprint density at radius 2 is 0.494 bits per heavy atom. The van der Waals surface area contributed by atoms with Crippen molar-refractivity contribution < 1.29 is 28.6 Å². The lowest BCUT2D eigenvalue weighted by molar-refractivity contribution is -0.166. The molecule has 0 radical (unpaired) electrons. The Morgan fingerprint density at radius 1 is 0.266 bits per heavy atom. The van der Waals surface area contributed by atoms with Crippen molar-refractivity contribution in [2.45, 2.75) is 361 Å². The molecule has 1 atom stereocenters. The maximum absolute atomic E-state index is 12.8. The number of carbonyl (C=O) groups excluding carboxylic acids is 3. The van der Waals surface area contributed by atoms with Crippen molar-refractivity contribution >= 4 is 17.9 Å². The van der Waals surface area contributed by atoms with Crippen molar-refractivity contribution in [3.63, 3.8) is 0 Å². The van der Waals surface area contributed by atoms with Gasteiger partial charge in [0.05, 0.1) is 0 Å². The molecular formula is C73H130O6. The van der Waals surface area contributed by atoms with Gasteiger partial charge < -0.3 is 14.2 Å². The number of rotatable bonds is 63. The number of ether oxygens (including phenoxy) is 3. The van der Waals surface area contributed by atoms with E-state index in [0.717, 1.165) is 77.0 Å². The van der Waals surface area contributed by atoms with E-state index in [-0.39, 0.29) is 37.5 Å². The van der Waals surface area contributed by atoms with Gasteiger partial charge in [0.25, 0.3) is 0 Å². The van der Waals surface area contributed by atoms with Gasteiger partial charge in [-0.25, -0.2) is 0 Å². The van der Waals surface area contributed by atoms with Gasteiger partial charge in [0.15, 0.2) is 6.10 Å². The summed E-state index contributed by atoms with van der Waals surface area (Å²) in [7, 11) is 0. The number of esters is 3. The molecule has 0 saturated heterocycles. The zero-order valence-electron chi connectivity index (χ0n) is 52.6. The first kappa shape index (κ1) is 75.8. The molecule has 0 rings (SSSR count). The first-order chi connectivity index (χ1) is 39.0. The summed E-state index contributed by atoms with van der Waals surface area (Å²) in [4.78, 5) is 38.1. The fourth-order valence-electron chi connectivity index (χ4n) is 10.1. The molecule has 0 aliphatic rings. The van der Waals surface area contributed by atoms with Gasteiger partial charge in [-0.15, -0.1) is 0 Å². The van der Waals surface area contributed by atoms with E-state index in [2.05, 4.69) is 87.6 Å². The minimum atomic E-state index is -0.813. The van der Waals surface area contributed by atoms with E-state index in [1.54, 1.807) is 0 Å². The summed E-state index contributed by atoms with van der Waals surface area (Å²) >= 11 is 0. The number of carbonyl (C=O) groups is 3. The molecule has 0 aromatic rings. The van der Waals surface area contributed by atoms with Gasteiger partial charge in [0.1, 0.15) is 13.2 Å². The van der Waals surface area contributed by atoms with Crippen LogP contribution in [0, 0.1) is 0 Å². The quantitative estimate of drug-likeness (QED) is 0.0261. The molecular weight excluding hydrogens is 973 g/mol. The molecule has 0 spiro atoms. The molecule has 6 heteroatoms. The van der Waals surface area contributed by atoms with Crippen LogP contribution in [0.4, 0.5) is 0 Å². The predicted octanol–water partition coefficient (Wildman–Crippen LogP) is 23.7. The zero-order chi connectivity index (χ0) is 57.1. The standard InChI is InChI=1S/C73H130O6/c1-4-7-10-13-16-19-21-23-25-27-29-30-31-32-33-34-35-36-37-38-39-40-41-42-44-45-47-49-51-54-57-60-63-66-72(75)78-69-70(68-77-71(74)65-62-59-56-53-18-15-12-9-6-3)79-73(76)67-64-61-58-55-52-50-48-46-43-28-26-24-22-20-17-14-11-8-5-2/h8,11,17,20,24,26,43,46,50,52,58,61,70H,4-7,9-10,12-16,18-19,21-23,25,27-42,44-45,47-49,51,53-57,59-60,62-69H2,1-3H3/b11-8-,20-17-,26-24-,46-43-,52-50-,61-58-. The lowest BCUT2D eigenvalue weighted by atomic mass is 10.0. The first-order valence-electron chi connectivity index (χ1n) is 34.4. The van der Waals surface area contributed by atoms with Crippen LogP contribution in [0.1, 0.15) is 355 Å². The monoisotopic (exact) mass is 1100 g/mol. The van der Waals surface area contributed by atoms with Crippen LogP contribution in [0.25, 0.3) is 0 Å². The summed E-state index contributed by atoms with van der Waals surface area (Å²) in [5, 5.41) is 0. The van der Waals surface area contributed by atoms with Crippen LogP contribution in [-0.2, 0) is 28.6 Å². The van der Waals surface area contributed by atoms with Crippen molar-refractivity contribution in [1.29, 1.82) is 0 Å². The Kier molecular flexibility index (Phi) is 64.7. The second-order valence-electron chi connectivity index (χ2n) is 23.1. The number of hydrogen-bond donors (Lipinski definition) is 0. The molecule has 0 fully saturated rings. The maximum atomic E-state index is 12.8. The van der Waals surface area contributed by atoms with Gasteiger partial charge in [0, 0.05) is 19.3 Å². The van der Waals surface area contributed by atoms with Crippen LogP contribution in [0.15, 0.2) is 72.9 Å². The Morgan fingerprint density at radius 3 is 0.747 bits per heavy atom. The normalized spacial score (nSPS) is 12.5. The third-order valence-corrected chi connectivity index (χ3v) is 15.2. The van der Waals surface area contributed by atoms with E-state index in [4.69, 9.17) is 14.2 Å². The lowest BCUT2D eigenvalue weighted by Crippen LogP contribution is -2.30. The maximum Gasteiger partial charge on any atom is 0.306 e. The van der Waals surface area contributed by atoms with E-state index in [1.807, 2.05) is 6.08 Å². The number of unbranched alkanes of at least 4 members (excludes halogenated alkanes) is 40. The summed E-state index contributed by atoms with van der Waals surface area (Å²) in [6, 6.07) is 0. The van der Waals surface area contributed by atoms with Crippen LogP contribution in [0.5, 0.6) is 0 Å². The minimum Gasteiger partial charge on any atom is -0.462 e. The highest BCUT2D eigenvalue weighted by Crippen LogP contribution is 2.18. The molecule has 0 bridgehead atoms. The number of allylic oxidation sites excluding steroid dienone is 12. The van der Waals surface area contributed by atoms with Crippen molar-refractivity contribution in [1.82, 2.24) is 0 Å². The average Bonchev–Trinajstić information content (AvgIpc) is 3.45. The molecule has 0 heterocycles. The molecule has 0 aliphatic carbocycles. The Bertz CT molecular complexity index is 1450. The SMILES string of the molecule is CC/C=C\C/C=C\C/C=C\C/C=C\C/C=C\C/C=C\CCC(=O)OC(COC(=O)CCCCCCCCCCC)COC(=O)CCCCCCCCCCCCCCCCCCCCCCCCCCCCCCCCCCC. The van der Waals surface area contributed by atoms with E-state index in [0.29, 0.717) is 19.3 Å². The highest BCUT2D eigenvalue weighted by Gasteiger charge is 2.19. The average molecular weight is 1100 g/mol. The van der Waals surface area contributed by atoms with Gasteiger partial charge in [-0.05, 0) is 57.8 Å². The third kappa shape index (κ3) is 65.5. The fraction of sp³-hybridized carbons (Fsp3) is 0.795. The van der Waals surface area contributed by atoms with Crippen LogP contribution in [0.3, 0.4) is 0 Å². The van der Waals surface area contributed by atoms with Gasteiger partial charge >= 0.3 is 17.9 Å². The molecule has 79 heavy (non-hydrogen) atoms. The summed E-state index contributed by atoms with van der Waals surface area (Å²) in [5.41, 5.74) is 0. The van der Waals surface area contributed by atoms with Gasteiger partial charge in [0.2, 0.25) is 0 Å². The van der Waals surface area contributed by atoms with E-state index >= 15 is 0 Å². The largest absolute Gasteiger partial charge is 0.462 e. The second kappa shape index (κ2) is 67.4. The second-order valence-corrected chi connectivity index (χ2v) is 23.1. The van der Waals surface area contributed by atoms with Crippen LogP contribution < -0.4 is 0 Å². The zero-order valence-corrected chi connectivity index (χ0v) is 52.6. The van der Waals surface area contributed by atoms with Crippen molar-refractivity contribution in [3.05, 3.63) is 72.9 Å². The lowest BCUT2D eigenvalue weighted by Gasteiger charge is -2.18. The fourth-order valence-corrected chi connectivity index (χ4v) is 10.1. The molecule has 0 aromatic carbocycles. The van der Waals surface area contributed by atoms with Gasteiger partial charge in [-0.3, -0.25) is 14.4 Å². The molecule has 0 N–H and O–H groups in total. The van der Waals surface area contributed by atoms with Crippen molar-refractivity contribution in [2.24, 2.45) is 0 Å². The molecule has 458 valence electrons. The Labute approximate surface area is 491 Å².